The molecule has 0 bridgehead atoms. The number of hydrogen-bond acceptors (Lipinski definition) is 5. The predicted molar refractivity (Wildman–Crippen MR) is 101 cm³/mol. The van der Waals surface area contributed by atoms with Gasteiger partial charge in [0.15, 0.2) is 0 Å². The Morgan fingerprint density at radius 2 is 1.91 bits per heavy atom. The average Bonchev–Trinajstić information content (AvgIpc) is 2.52. The maximum atomic E-state index is 11.7. The van der Waals surface area contributed by atoms with Crippen molar-refractivity contribution in [1.82, 2.24) is 5.43 Å². The third kappa shape index (κ3) is 5.39. The van der Waals surface area contributed by atoms with E-state index in [0.29, 0.717) is 10.0 Å². The number of aromatic hydroxyl groups is 2. The fourth-order valence-electron chi connectivity index (χ4n) is 1.63. The van der Waals surface area contributed by atoms with E-state index in [2.05, 4.69) is 54.4 Å². The number of nitrogens with zero attached hydrogens (tertiary/aromatic N) is 1. The molecule has 0 radical (unpaired) electrons. The summed E-state index contributed by atoms with van der Waals surface area (Å²) in [5.74, 6) is -0.539. The quantitative estimate of drug-likeness (QED) is 0.295. The average molecular weight is 490 g/mol. The summed E-state index contributed by atoms with van der Waals surface area (Å²) in [7, 11) is 0. The fourth-order valence-corrected chi connectivity index (χ4v) is 2.35. The number of benzene rings is 2. The number of rotatable bonds is 5. The van der Waals surface area contributed by atoms with Crippen LogP contribution >= 0.6 is 38.5 Å². The number of amides is 1. The molecule has 0 aliphatic carbocycles. The van der Waals surface area contributed by atoms with Gasteiger partial charge in [0.05, 0.1) is 17.2 Å². The topological polar surface area (TPSA) is 94.0 Å². The zero-order valence-electron chi connectivity index (χ0n) is 11.8. The van der Waals surface area contributed by atoms with Gasteiger partial charge in [-0.05, 0) is 68.9 Å². The van der Waals surface area contributed by atoms with Gasteiger partial charge in [0.2, 0.25) is 0 Å². The standard InChI is InChI=1S/C15H13BrIN3O3/c16-12-5-9(13(21)6-14(12)22)7-19-20-15(23)8-18-11-3-1-10(17)2-4-11/h1-7,18,21-22H,8H2,(H,20,23)/b19-7-. The summed E-state index contributed by atoms with van der Waals surface area (Å²) in [5.41, 5.74) is 3.55. The van der Waals surface area contributed by atoms with Gasteiger partial charge in [-0.15, -0.1) is 0 Å². The van der Waals surface area contributed by atoms with Crippen molar-refractivity contribution in [2.24, 2.45) is 5.10 Å². The molecule has 0 aliphatic rings. The first-order chi connectivity index (χ1) is 11.0. The lowest BCUT2D eigenvalue weighted by molar-refractivity contribution is -0.119. The molecular weight excluding hydrogens is 477 g/mol. The second-order valence-electron chi connectivity index (χ2n) is 4.52. The number of phenols is 2. The first-order valence-corrected chi connectivity index (χ1v) is 8.35. The van der Waals surface area contributed by atoms with Crippen LogP contribution in [0.15, 0.2) is 46.0 Å². The Labute approximate surface area is 154 Å². The number of carbonyl (C=O) groups is 1. The van der Waals surface area contributed by atoms with Gasteiger partial charge in [0, 0.05) is 20.9 Å². The van der Waals surface area contributed by atoms with Crippen molar-refractivity contribution < 1.29 is 15.0 Å². The van der Waals surface area contributed by atoms with Gasteiger partial charge in [-0.3, -0.25) is 4.79 Å². The minimum absolute atomic E-state index is 0.0726. The normalized spacial score (nSPS) is 10.7. The Kier molecular flexibility index (Phi) is 6.22. The zero-order chi connectivity index (χ0) is 16.8. The van der Waals surface area contributed by atoms with Gasteiger partial charge >= 0.3 is 0 Å². The molecule has 23 heavy (non-hydrogen) atoms. The monoisotopic (exact) mass is 489 g/mol. The number of nitrogens with one attached hydrogen (secondary N) is 2. The van der Waals surface area contributed by atoms with Crippen LogP contribution in [0.3, 0.4) is 0 Å². The number of carbonyl (C=O) groups excluding carboxylic acids is 1. The first-order valence-electron chi connectivity index (χ1n) is 6.48. The molecule has 0 saturated heterocycles. The highest BCUT2D eigenvalue weighted by Gasteiger charge is 2.05. The Morgan fingerprint density at radius 1 is 1.22 bits per heavy atom. The molecule has 2 aromatic carbocycles. The van der Waals surface area contributed by atoms with E-state index in [0.717, 1.165) is 9.26 Å². The summed E-state index contributed by atoms with van der Waals surface area (Å²) >= 11 is 5.34. The molecule has 0 spiro atoms. The molecule has 0 atom stereocenters. The third-order valence-corrected chi connectivity index (χ3v) is 4.14. The summed E-state index contributed by atoms with van der Waals surface area (Å²) in [6.45, 7) is 0.0726. The minimum Gasteiger partial charge on any atom is -0.507 e. The maximum Gasteiger partial charge on any atom is 0.259 e. The van der Waals surface area contributed by atoms with E-state index >= 15 is 0 Å². The fraction of sp³-hybridized carbons (Fsp3) is 0.0667. The number of phenolic OH excluding ortho intramolecular Hbond substituents is 2. The Bertz CT molecular complexity index is 735. The molecule has 0 heterocycles. The zero-order valence-corrected chi connectivity index (χ0v) is 15.5. The first kappa shape index (κ1) is 17.5. The summed E-state index contributed by atoms with van der Waals surface area (Å²) in [6.07, 6.45) is 1.29. The summed E-state index contributed by atoms with van der Waals surface area (Å²) in [5, 5.41) is 25.8. The van der Waals surface area contributed by atoms with Gasteiger partial charge in [-0.2, -0.15) is 5.10 Å². The molecular formula is C15H13BrIN3O3. The van der Waals surface area contributed by atoms with Crippen LogP contribution in [0.4, 0.5) is 5.69 Å². The van der Waals surface area contributed by atoms with Crippen LogP contribution in [-0.2, 0) is 4.79 Å². The minimum atomic E-state index is -0.322. The van der Waals surface area contributed by atoms with E-state index in [-0.39, 0.29) is 24.0 Å². The van der Waals surface area contributed by atoms with E-state index in [4.69, 9.17) is 0 Å². The molecule has 0 fully saturated rings. The van der Waals surface area contributed by atoms with Crippen LogP contribution in [-0.4, -0.2) is 28.9 Å². The largest absolute Gasteiger partial charge is 0.507 e. The highest BCUT2D eigenvalue weighted by atomic mass is 127. The van der Waals surface area contributed by atoms with E-state index in [1.54, 1.807) is 0 Å². The van der Waals surface area contributed by atoms with E-state index in [1.807, 2.05) is 24.3 Å². The van der Waals surface area contributed by atoms with Crippen molar-refractivity contribution in [2.45, 2.75) is 0 Å². The Morgan fingerprint density at radius 3 is 2.61 bits per heavy atom. The lowest BCUT2D eigenvalue weighted by atomic mass is 10.2. The molecule has 2 aromatic rings. The summed E-state index contributed by atoms with van der Waals surface area (Å²) in [4.78, 5) is 11.7. The molecule has 4 N–H and O–H groups in total. The van der Waals surface area contributed by atoms with Crippen LogP contribution in [0.5, 0.6) is 11.5 Å². The van der Waals surface area contributed by atoms with E-state index < -0.39 is 0 Å². The molecule has 0 saturated carbocycles. The van der Waals surface area contributed by atoms with Crippen molar-refractivity contribution in [3.8, 4) is 11.5 Å². The molecule has 1 amide bonds. The van der Waals surface area contributed by atoms with Gasteiger partial charge in [0.25, 0.3) is 5.91 Å². The van der Waals surface area contributed by atoms with Gasteiger partial charge in [0.1, 0.15) is 11.5 Å². The Hall–Kier alpha value is -1.81. The highest BCUT2D eigenvalue weighted by molar-refractivity contribution is 14.1. The van der Waals surface area contributed by atoms with E-state index in [9.17, 15) is 15.0 Å². The molecule has 120 valence electrons. The highest BCUT2D eigenvalue weighted by Crippen LogP contribution is 2.30. The number of hydrogen-bond donors (Lipinski definition) is 4. The maximum absolute atomic E-state index is 11.7. The van der Waals surface area contributed by atoms with Gasteiger partial charge in [-0.25, -0.2) is 5.43 Å². The van der Waals surface area contributed by atoms with Crippen molar-refractivity contribution in [2.75, 3.05) is 11.9 Å². The second kappa shape index (κ2) is 8.16. The van der Waals surface area contributed by atoms with Crippen LogP contribution < -0.4 is 10.7 Å². The molecule has 0 aromatic heterocycles. The van der Waals surface area contributed by atoms with E-state index in [1.165, 1.54) is 18.3 Å². The van der Waals surface area contributed by atoms with Crippen LogP contribution in [0.1, 0.15) is 5.56 Å². The summed E-state index contributed by atoms with van der Waals surface area (Å²) in [6, 6.07) is 10.3. The van der Waals surface area contributed by atoms with Gasteiger partial charge < -0.3 is 15.5 Å². The number of hydrazone groups is 1. The van der Waals surface area contributed by atoms with Crippen LogP contribution in [0, 0.1) is 3.57 Å². The lowest BCUT2D eigenvalue weighted by Crippen LogP contribution is -2.25. The third-order valence-electron chi connectivity index (χ3n) is 2.79. The van der Waals surface area contributed by atoms with Crippen molar-refractivity contribution in [3.05, 3.63) is 50.0 Å². The van der Waals surface area contributed by atoms with Crippen molar-refractivity contribution in [1.29, 1.82) is 0 Å². The van der Waals surface area contributed by atoms with Crippen molar-refractivity contribution in [3.63, 3.8) is 0 Å². The van der Waals surface area contributed by atoms with Crippen molar-refractivity contribution >= 4 is 56.3 Å². The molecule has 0 unspecified atom stereocenters. The molecule has 2 rings (SSSR count). The SMILES string of the molecule is O=C(CNc1ccc(I)cc1)N/N=C\c1cc(Br)c(O)cc1O. The molecule has 0 aliphatic heterocycles. The lowest BCUT2D eigenvalue weighted by Gasteiger charge is -2.05. The van der Waals surface area contributed by atoms with Crippen LogP contribution in [0.25, 0.3) is 0 Å². The Balaban J connectivity index is 1.86. The predicted octanol–water partition coefficient (Wildman–Crippen LogP) is 3.03. The summed E-state index contributed by atoms with van der Waals surface area (Å²) < 4.78 is 1.53. The smallest absolute Gasteiger partial charge is 0.259 e. The number of anilines is 1. The van der Waals surface area contributed by atoms with Gasteiger partial charge in [-0.1, -0.05) is 0 Å². The number of halogens is 2. The molecule has 8 heteroatoms. The molecule has 6 nitrogen and oxygen atoms in total. The van der Waals surface area contributed by atoms with Crippen LogP contribution in [0.2, 0.25) is 0 Å². The second-order valence-corrected chi connectivity index (χ2v) is 6.62.